The Hall–Kier alpha value is 0.140. The molecule has 0 saturated heterocycles. The van der Waals surface area contributed by atoms with Crippen LogP contribution in [0.3, 0.4) is 0 Å². The quantitative estimate of drug-likeness (QED) is 0.599. The van der Waals surface area contributed by atoms with Gasteiger partial charge in [-0.15, -0.1) is 0 Å². The fourth-order valence-corrected chi connectivity index (χ4v) is 3.70. The molecule has 3 heteroatoms. The Morgan fingerprint density at radius 3 is 2.39 bits per heavy atom. The first-order chi connectivity index (χ1) is 8.55. The summed E-state index contributed by atoms with van der Waals surface area (Å²) < 4.78 is 1.16. The third-order valence-electron chi connectivity index (χ3n) is 3.73. The molecule has 0 aliphatic carbocycles. The summed E-state index contributed by atoms with van der Waals surface area (Å²) in [6.45, 7) is 6.72. The summed E-state index contributed by atoms with van der Waals surface area (Å²) in [6, 6.07) is 8.56. The summed E-state index contributed by atoms with van der Waals surface area (Å²) in [5.74, 6) is 0. The van der Waals surface area contributed by atoms with Crippen molar-refractivity contribution in [1.82, 2.24) is 4.90 Å². The van der Waals surface area contributed by atoms with Crippen LogP contribution in [0.2, 0.25) is 0 Å². The predicted octanol–water partition coefficient (Wildman–Crippen LogP) is 5.08. The Labute approximate surface area is 128 Å². The summed E-state index contributed by atoms with van der Waals surface area (Å²) in [6.07, 6.45) is 2.44. The van der Waals surface area contributed by atoms with Gasteiger partial charge in [-0.2, -0.15) is 0 Å². The molecule has 0 aliphatic rings. The second-order valence-corrected chi connectivity index (χ2v) is 6.62. The lowest BCUT2D eigenvalue weighted by Crippen LogP contribution is -2.36. The number of alkyl halides is 1. The van der Waals surface area contributed by atoms with Gasteiger partial charge in [-0.1, -0.05) is 57.8 Å². The molecule has 0 bridgehead atoms. The Balaban J connectivity index is 2.63. The average Bonchev–Trinajstić information content (AvgIpc) is 2.36. The maximum atomic E-state index is 3.68. The van der Waals surface area contributed by atoms with Gasteiger partial charge >= 0.3 is 0 Å². The minimum Gasteiger partial charge on any atom is -0.302 e. The first kappa shape index (κ1) is 16.2. The molecule has 0 fully saturated rings. The summed E-state index contributed by atoms with van der Waals surface area (Å²) in [5, 5.41) is 1.08. The molecule has 0 unspecified atom stereocenters. The van der Waals surface area contributed by atoms with Crippen LogP contribution in [-0.4, -0.2) is 23.8 Å². The highest BCUT2D eigenvalue weighted by atomic mass is 79.9. The van der Waals surface area contributed by atoms with Crippen molar-refractivity contribution >= 4 is 31.9 Å². The van der Waals surface area contributed by atoms with Gasteiger partial charge < -0.3 is 4.90 Å². The van der Waals surface area contributed by atoms with E-state index in [9.17, 15) is 0 Å². The monoisotopic (exact) mass is 375 g/mol. The summed E-state index contributed by atoms with van der Waals surface area (Å²) >= 11 is 7.21. The molecule has 0 radical (unpaired) electrons. The van der Waals surface area contributed by atoms with Gasteiger partial charge in [0.15, 0.2) is 0 Å². The van der Waals surface area contributed by atoms with Gasteiger partial charge in [0.1, 0.15) is 0 Å². The van der Waals surface area contributed by atoms with Crippen molar-refractivity contribution < 1.29 is 0 Å². The first-order valence-corrected chi connectivity index (χ1v) is 8.45. The molecule has 18 heavy (non-hydrogen) atoms. The van der Waals surface area contributed by atoms with E-state index in [2.05, 4.69) is 81.9 Å². The molecule has 1 aromatic rings. The minimum atomic E-state index is 0.404. The zero-order valence-corrected chi connectivity index (χ0v) is 14.7. The summed E-state index contributed by atoms with van der Waals surface area (Å²) in [4.78, 5) is 2.43. The molecule has 1 rings (SSSR count). The van der Waals surface area contributed by atoms with Gasteiger partial charge in [0.25, 0.3) is 0 Å². The molecular weight excluding hydrogens is 354 g/mol. The smallest absolute Gasteiger partial charge is 0.0231 e. The highest BCUT2D eigenvalue weighted by Gasteiger charge is 2.26. The van der Waals surface area contributed by atoms with Crippen molar-refractivity contribution in [2.75, 3.05) is 18.9 Å². The van der Waals surface area contributed by atoms with Crippen LogP contribution >= 0.6 is 31.9 Å². The summed E-state index contributed by atoms with van der Waals surface area (Å²) in [7, 11) is 2.21. The molecular formula is C15H23Br2N. The van der Waals surface area contributed by atoms with Crippen LogP contribution in [0.25, 0.3) is 0 Å². The van der Waals surface area contributed by atoms with E-state index in [-0.39, 0.29) is 0 Å². The maximum absolute atomic E-state index is 3.68. The Morgan fingerprint density at radius 2 is 1.89 bits per heavy atom. The molecule has 0 saturated carbocycles. The van der Waals surface area contributed by atoms with Crippen molar-refractivity contribution in [1.29, 1.82) is 0 Å². The van der Waals surface area contributed by atoms with Crippen LogP contribution < -0.4 is 0 Å². The number of benzene rings is 1. The molecule has 0 aliphatic heterocycles. The Morgan fingerprint density at radius 1 is 1.22 bits per heavy atom. The van der Waals surface area contributed by atoms with Gasteiger partial charge in [-0.05, 0) is 43.0 Å². The highest BCUT2D eigenvalue weighted by molar-refractivity contribution is 9.10. The lowest BCUT2D eigenvalue weighted by Gasteiger charge is -2.34. The summed E-state index contributed by atoms with van der Waals surface area (Å²) in [5.41, 5.74) is 1.77. The average molecular weight is 377 g/mol. The van der Waals surface area contributed by atoms with Crippen LogP contribution in [0, 0.1) is 5.41 Å². The topological polar surface area (TPSA) is 3.24 Å². The number of hydrogen-bond acceptors (Lipinski definition) is 1. The fourth-order valence-electron chi connectivity index (χ4n) is 2.28. The van der Waals surface area contributed by atoms with E-state index >= 15 is 0 Å². The highest BCUT2D eigenvalue weighted by Crippen LogP contribution is 2.30. The molecule has 0 heterocycles. The second-order valence-electron chi connectivity index (χ2n) is 5.14. The van der Waals surface area contributed by atoms with Crippen LogP contribution in [-0.2, 0) is 6.54 Å². The van der Waals surface area contributed by atoms with Gasteiger partial charge in [0.05, 0.1) is 0 Å². The fraction of sp³-hybridized carbons (Fsp3) is 0.600. The van der Waals surface area contributed by atoms with E-state index in [0.717, 1.165) is 22.9 Å². The third kappa shape index (κ3) is 4.67. The van der Waals surface area contributed by atoms with Crippen molar-refractivity contribution in [3.8, 4) is 0 Å². The van der Waals surface area contributed by atoms with Gasteiger partial charge in [-0.25, -0.2) is 0 Å². The molecule has 0 amide bonds. The van der Waals surface area contributed by atoms with Crippen LogP contribution in [0.5, 0.6) is 0 Å². The second kappa shape index (κ2) is 7.66. The number of nitrogens with zero attached hydrogens (tertiary/aromatic N) is 1. The SMILES string of the molecule is CCC(CC)(CBr)CN(C)Cc1cccc(Br)c1. The van der Waals surface area contributed by atoms with E-state index < -0.39 is 0 Å². The number of hydrogen-bond donors (Lipinski definition) is 0. The minimum absolute atomic E-state index is 0.404. The Kier molecular flexibility index (Phi) is 6.89. The van der Waals surface area contributed by atoms with E-state index in [1.807, 2.05) is 0 Å². The molecule has 102 valence electrons. The maximum Gasteiger partial charge on any atom is 0.0231 e. The lowest BCUT2D eigenvalue weighted by molar-refractivity contribution is 0.180. The largest absolute Gasteiger partial charge is 0.302 e. The van der Waals surface area contributed by atoms with Crippen molar-refractivity contribution in [2.24, 2.45) is 5.41 Å². The molecule has 0 atom stereocenters. The van der Waals surface area contributed by atoms with Crippen LogP contribution in [0.4, 0.5) is 0 Å². The molecule has 0 N–H and O–H groups in total. The van der Waals surface area contributed by atoms with Crippen LogP contribution in [0.1, 0.15) is 32.3 Å². The van der Waals surface area contributed by atoms with E-state index in [1.54, 1.807) is 0 Å². The third-order valence-corrected chi connectivity index (χ3v) is 5.41. The Bertz CT molecular complexity index is 353. The predicted molar refractivity (Wildman–Crippen MR) is 87.3 cm³/mol. The van der Waals surface area contributed by atoms with E-state index in [4.69, 9.17) is 0 Å². The normalized spacial score (nSPS) is 12.1. The zero-order chi connectivity index (χ0) is 13.6. The number of rotatable bonds is 7. The molecule has 1 nitrogen and oxygen atoms in total. The molecule has 1 aromatic carbocycles. The van der Waals surface area contributed by atoms with Crippen molar-refractivity contribution in [3.63, 3.8) is 0 Å². The van der Waals surface area contributed by atoms with Crippen LogP contribution in [0.15, 0.2) is 28.7 Å². The van der Waals surface area contributed by atoms with Gasteiger partial charge in [-0.3, -0.25) is 0 Å². The van der Waals surface area contributed by atoms with E-state index in [1.165, 1.54) is 18.4 Å². The van der Waals surface area contributed by atoms with Crippen molar-refractivity contribution in [2.45, 2.75) is 33.2 Å². The molecule has 0 spiro atoms. The number of halogens is 2. The first-order valence-electron chi connectivity index (χ1n) is 6.54. The molecule has 0 aromatic heterocycles. The van der Waals surface area contributed by atoms with Gasteiger partial charge in [0.2, 0.25) is 0 Å². The lowest BCUT2D eigenvalue weighted by atomic mass is 9.84. The van der Waals surface area contributed by atoms with Gasteiger partial charge in [0, 0.05) is 22.9 Å². The standard InChI is InChI=1S/C15H23Br2N/c1-4-15(5-2,11-16)12-18(3)10-13-7-6-8-14(17)9-13/h6-9H,4-5,10-12H2,1-3H3. The van der Waals surface area contributed by atoms with Crippen molar-refractivity contribution in [3.05, 3.63) is 34.3 Å². The van der Waals surface area contributed by atoms with E-state index in [0.29, 0.717) is 5.41 Å². The zero-order valence-electron chi connectivity index (χ0n) is 11.5.